The van der Waals surface area contributed by atoms with Crippen molar-refractivity contribution in [2.75, 3.05) is 44.7 Å². The molecular weight excluding hydrogens is 613 g/mol. The number of carbonyl (C=O) groups excluding carboxylic acids is 2. The molecule has 0 saturated carbocycles. The molecule has 1 aromatic heterocycles. The molecule has 1 saturated heterocycles. The molecule has 45 heavy (non-hydrogen) atoms. The monoisotopic (exact) mass is 654 g/mol. The molecule has 3 heterocycles. The number of fused-ring (bicyclic) bond motifs is 1. The lowest BCUT2D eigenvalue weighted by Gasteiger charge is -2.37. The molecule has 0 aliphatic carbocycles. The van der Waals surface area contributed by atoms with Gasteiger partial charge in [0.25, 0.3) is 5.91 Å². The van der Waals surface area contributed by atoms with Gasteiger partial charge in [-0.15, -0.1) is 11.3 Å². The molecule has 2 amide bonds. The first-order chi connectivity index (χ1) is 21.4. The maximum atomic E-state index is 14.0. The van der Waals surface area contributed by atoms with E-state index < -0.39 is 15.6 Å². The number of nitrogens with one attached hydrogen (secondary N) is 1. The van der Waals surface area contributed by atoms with E-state index in [1.54, 1.807) is 29.5 Å². The van der Waals surface area contributed by atoms with Crippen LogP contribution < -0.4 is 14.4 Å². The molecule has 0 bridgehead atoms. The number of hydrogen-bond acceptors (Lipinski definition) is 8. The normalized spacial score (nSPS) is 16.1. The van der Waals surface area contributed by atoms with E-state index in [4.69, 9.17) is 9.47 Å². The first kappa shape index (κ1) is 32.8. The number of hydrogen-bond donors (Lipinski definition) is 1. The van der Waals surface area contributed by atoms with Crippen molar-refractivity contribution >= 4 is 39.0 Å². The van der Waals surface area contributed by atoms with E-state index in [1.807, 2.05) is 69.0 Å². The van der Waals surface area contributed by atoms with E-state index in [0.717, 1.165) is 28.1 Å². The second-order valence-electron chi connectivity index (χ2n) is 12.4. The molecule has 1 atom stereocenters. The molecule has 0 spiro atoms. The summed E-state index contributed by atoms with van der Waals surface area (Å²) in [6, 6.07) is 14.8. The van der Waals surface area contributed by atoms with E-state index >= 15 is 0 Å². The van der Waals surface area contributed by atoms with Crippen LogP contribution in [0.1, 0.15) is 66.7 Å². The number of anilines is 1. The van der Waals surface area contributed by atoms with Crippen molar-refractivity contribution in [2.24, 2.45) is 0 Å². The van der Waals surface area contributed by atoms with E-state index in [1.165, 1.54) is 11.3 Å². The summed E-state index contributed by atoms with van der Waals surface area (Å²) in [6.07, 6.45) is 0.805. The fraction of sp³-hybridized carbons (Fsp3) is 0.455. The van der Waals surface area contributed by atoms with E-state index in [9.17, 15) is 18.0 Å². The Kier molecular flexibility index (Phi) is 9.76. The smallest absolute Gasteiger partial charge is 0.410 e. The van der Waals surface area contributed by atoms with Crippen molar-refractivity contribution in [1.29, 1.82) is 0 Å². The van der Waals surface area contributed by atoms with Gasteiger partial charge in [0.15, 0.2) is 0 Å². The summed E-state index contributed by atoms with van der Waals surface area (Å²) in [5.74, 6) is 0.724. The van der Waals surface area contributed by atoms with Crippen molar-refractivity contribution in [3.05, 3.63) is 76.2 Å². The van der Waals surface area contributed by atoms with Gasteiger partial charge in [0, 0.05) is 56.1 Å². The number of benzene rings is 2. The Morgan fingerprint density at radius 2 is 1.82 bits per heavy atom. The second kappa shape index (κ2) is 13.4. The van der Waals surface area contributed by atoms with Gasteiger partial charge >= 0.3 is 6.09 Å². The zero-order valence-corrected chi connectivity index (χ0v) is 28.2. The van der Waals surface area contributed by atoms with Gasteiger partial charge < -0.3 is 24.2 Å². The van der Waals surface area contributed by atoms with E-state index in [2.05, 4.69) is 9.62 Å². The van der Waals surface area contributed by atoms with Gasteiger partial charge in [-0.25, -0.2) is 17.9 Å². The lowest BCUT2D eigenvalue weighted by Crippen LogP contribution is -2.50. The highest BCUT2D eigenvalue weighted by Crippen LogP contribution is 2.39. The van der Waals surface area contributed by atoms with Crippen molar-refractivity contribution in [2.45, 2.75) is 62.9 Å². The molecule has 0 unspecified atom stereocenters. The molecule has 242 valence electrons. The summed E-state index contributed by atoms with van der Waals surface area (Å²) < 4.78 is 39.4. The highest BCUT2D eigenvalue weighted by Gasteiger charge is 2.36. The van der Waals surface area contributed by atoms with Crippen LogP contribution in [0.4, 0.5) is 10.5 Å². The van der Waals surface area contributed by atoms with Gasteiger partial charge in [-0.05, 0) is 81.3 Å². The summed E-state index contributed by atoms with van der Waals surface area (Å²) >= 11 is 1.18. The molecule has 10 nitrogen and oxygen atoms in total. The third kappa shape index (κ3) is 7.45. The Morgan fingerprint density at radius 1 is 1.07 bits per heavy atom. The van der Waals surface area contributed by atoms with Gasteiger partial charge in [-0.2, -0.15) is 0 Å². The van der Waals surface area contributed by atoms with Gasteiger partial charge in [0.1, 0.15) is 15.6 Å². The minimum absolute atomic E-state index is 0.0446. The van der Waals surface area contributed by atoms with Crippen LogP contribution in [0.2, 0.25) is 0 Å². The molecular formula is C33H42N4O6S2. The maximum absolute atomic E-state index is 14.0. The fourth-order valence-corrected chi connectivity index (χ4v) is 8.05. The number of rotatable bonds is 10. The van der Waals surface area contributed by atoms with Crippen molar-refractivity contribution in [1.82, 2.24) is 14.5 Å². The maximum Gasteiger partial charge on any atom is 0.410 e. The van der Waals surface area contributed by atoms with Crippen LogP contribution >= 0.6 is 11.3 Å². The Hall–Kier alpha value is -3.61. The van der Waals surface area contributed by atoms with Gasteiger partial charge in [-0.1, -0.05) is 24.3 Å². The Bertz CT molecular complexity index is 1630. The highest BCUT2D eigenvalue weighted by atomic mass is 32.2. The summed E-state index contributed by atoms with van der Waals surface area (Å²) in [5, 5.41) is 1.74. The minimum atomic E-state index is -3.57. The molecule has 0 radical (unpaired) electrons. The Balaban J connectivity index is 1.33. The predicted molar refractivity (Wildman–Crippen MR) is 176 cm³/mol. The number of methoxy groups -OCH3 is 1. The first-order valence-corrected chi connectivity index (χ1v) is 17.6. The molecule has 2 aromatic carbocycles. The number of sulfonamides is 1. The SMILES string of the molecule is COc1ccc([C@@H](CCCNS(=O)(=O)c2cccs2)N2Cc3c(cccc3N3CCN(C(=O)OC(C)(C)C)CC3)C2=O)cc1C. The fourth-order valence-electron chi connectivity index (χ4n) is 5.94. The average Bonchev–Trinajstić information content (AvgIpc) is 3.66. The standard InChI is InChI=1S/C33H42N4O6S2/c1-23-21-24(13-14-29(23)42-5)27(11-7-15-34-45(40,41)30-12-8-20-44-30)37-22-26-25(31(37)38)9-6-10-28(26)35-16-18-36(19-17-35)32(39)43-33(2,3)4/h6,8-10,12-14,20-21,27,34H,7,11,15-19,22H2,1-5H3/t27-/m1/s1. The molecule has 12 heteroatoms. The zero-order valence-electron chi connectivity index (χ0n) is 26.5. The summed E-state index contributed by atoms with van der Waals surface area (Å²) in [6.45, 7) is 10.6. The molecule has 2 aliphatic rings. The van der Waals surface area contributed by atoms with Crippen molar-refractivity contribution in [3.8, 4) is 5.75 Å². The molecule has 1 fully saturated rings. The highest BCUT2D eigenvalue weighted by molar-refractivity contribution is 7.91. The number of piperazine rings is 1. The predicted octanol–water partition coefficient (Wildman–Crippen LogP) is 5.58. The van der Waals surface area contributed by atoms with Crippen LogP contribution in [-0.4, -0.2) is 75.7 Å². The Morgan fingerprint density at radius 3 is 2.47 bits per heavy atom. The van der Waals surface area contributed by atoms with Gasteiger partial charge in [0.05, 0.1) is 13.2 Å². The zero-order chi connectivity index (χ0) is 32.4. The quantitative estimate of drug-likeness (QED) is 0.285. The molecule has 2 aliphatic heterocycles. The van der Waals surface area contributed by atoms with Crippen LogP contribution in [0.5, 0.6) is 5.75 Å². The first-order valence-electron chi connectivity index (χ1n) is 15.2. The van der Waals surface area contributed by atoms with Crippen molar-refractivity contribution < 1.29 is 27.5 Å². The summed E-state index contributed by atoms with van der Waals surface area (Å²) in [5.41, 5.74) is 4.04. The van der Waals surface area contributed by atoms with Crippen molar-refractivity contribution in [3.63, 3.8) is 0 Å². The topological polar surface area (TPSA) is 108 Å². The summed E-state index contributed by atoms with van der Waals surface area (Å²) in [4.78, 5) is 32.5. The van der Waals surface area contributed by atoms with Crippen LogP contribution in [0.25, 0.3) is 0 Å². The van der Waals surface area contributed by atoms with Crippen LogP contribution in [0.15, 0.2) is 58.1 Å². The van der Waals surface area contributed by atoms with Gasteiger partial charge in [0.2, 0.25) is 10.0 Å². The molecule has 5 rings (SSSR count). The minimum Gasteiger partial charge on any atom is -0.496 e. The molecule has 3 aromatic rings. The number of ether oxygens (including phenoxy) is 2. The largest absolute Gasteiger partial charge is 0.496 e. The second-order valence-corrected chi connectivity index (χ2v) is 15.3. The number of thiophene rings is 1. The van der Waals surface area contributed by atoms with Crippen LogP contribution in [0.3, 0.4) is 0 Å². The lowest BCUT2D eigenvalue weighted by atomic mass is 9.98. The average molecular weight is 655 g/mol. The summed E-state index contributed by atoms with van der Waals surface area (Å²) in [7, 11) is -1.94. The molecule has 1 N–H and O–H groups in total. The van der Waals surface area contributed by atoms with E-state index in [0.29, 0.717) is 51.1 Å². The van der Waals surface area contributed by atoms with Crippen LogP contribution in [-0.2, 0) is 21.3 Å². The number of amides is 2. The van der Waals surface area contributed by atoms with E-state index in [-0.39, 0.29) is 28.8 Å². The lowest BCUT2D eigenvalue weighted by molar-refractivity contribution is 0.0240. The number of aryl methyl sites for hydroxylation is 1. The van der Waals surface area contributed by atoms with Gasteiger partial charge in [-0.3, -0.25) is 4.79 Å². The number of carbonyl (C=O) groups is 2. The number of nitrogens with zero attached hydrogens (tertiary/aromatic N) is 3. The Labute approximate surface area is 270 Å². The third-order valence-electron chi connectivity index (χ3n) is 8.13. The third-order valence-corrected chi connectivity index (χ3v) is 11.0. The van der Waals surface area contributed by atoms with Crippen LogP contribution in [0, 0.1) is 6.92 Å².